The SMILES string of the molecule is CCN(CCCCNC(=O)OC)[C@@H](C)c1ccccc1OC. The number of nitrogens with zero attached hydrogens (tertiary/aromatic N) is 1. The predicted molar refractivity (Wildman–Crippen MR) is 88.3 cm³/mol. The first-order valence-corrected chi connectivity index (χ1v) is 7.82. The Morgan fingerprint density at radius 2 is 2.00 bits per heavy atom. The molecule has 0 unspecified atom stereocenters. The molecule has 1 amide bonds. The number of methoxy groups -OCH3 is 2. The smallest absolute Gasteiger partial charge is 0.406 e. The van der Waals surface area contributed by atoms with Crippen LogP contribution in [0.15, 0.2) is 24.3 Å². The highest BCUT2D eigenvalue weighted by atomic mass is 16.5. The number of nitrogens with one attached hydrogen (secondary N) is 1. The molecular formula is C17H28N2O3. The fraction of sp³-hybridized carbons (Fsp3) is 0.588. The number of hydrogen-bond donors (Lipinski definition) is 1. The van der Waals surface area contributed by atoms with Crippen LogP contribution in [0.1, 0.15) is 38.3 Å². The molecule has 0 aliphatic carbocycles. The number of unbranched alkanes of at least 4 members (excludes halogenated alkanes) is 1. The highest BCUT2D eigenvalue weighted by Gasteiger charge is 2.17. The molecule has 0 heterocycles. The minimum Gasteiger partial charge on any atom is -0.496 e. The third-order valence-corrected chi connectivity index (χ3v) is 3.87. The highest BCUT2D eigenvalue weighted by Crippen LogP contribution is 2.28. The zero-order valence-electron chi connectivity index (χ0n) is 14.1. The normalized spacial score (nSPS) is 12.0. The summed E-state index contributed by atoms with van der Waals surface area (Å²) in [5.74, 6) is 0.931. The van der Waals surface area contributed by atoms with E-state index in [0.717, 1.165) is 31.7 Å². The maximum absolute atomic E-state index is 11.0. The Morgan fingerprint density at radius 1 is 1.27 bits per heavy atom. The Morgan fingerprint density at radius 3 is 2.64 bits per heavy atom. The van der Waals surface area contributed by atoms with Gasteiger partial charge in [-0.25, -0.2) is 4.79 Å². The molecule has 0 spiro atoms. The maximum atomic E-state index is 11.0. The van der Waals surface area contributed by atoms with Crippen LogP contribution in [0.5, 0.6) is 5.75 Å². The zero-order chi connectivity index (χ0) is 16.4. The lowest BCUT2D eigenvalue weighted by atomic mass is 10.1. The van der Waals surface area contributed by atoms with Crippen molar-refractivity contribution in [3.8, 4) is 5.75 Å². The van der Waals surface area contributed by atoms with Crippen LogP contribution in [0.3, 0.4) is 0 Å². The average molecular weight is 308 g/mol. The number of rotatable bonds is 9. The molecule has 0 saturated carbocycles. The number of carbonyl (C=O) groups is 1. The van der Waals surface area contributed by atoms with E-state index >= 15 is 0 Å². The fourth-order valence-electron chi connectivity index (χ4n) is 2.54. The van der Waals surface area contributed by atoms with Gasteiger partial charge in [0.2, 0.25) is 0 Å². The van der Waals surface area contributed by atoms with Crippen molar-refractivity contribution in [2.45, 2.75) is 32.7 Å². The lowest BCUT2D eigenvalue weighted by molar-refractivity contribution is 0.170. The molecule has 0 radical (unpaired) electrons. The molecule has 1 aromatic rings. The van der Waals surface area contributed by atoms with E-state index < -0.39 is 0 Å². The van der Waals surface area contributed by atoms with E-state index in [1.54, 1.807) is 7.11 Å². The van der Waals surface area contributed by atoms with Crippen molar-refractivity contribution >= 4 is 6.09 Å². The summed E-state index contributed by atoms with van der Waals surface area (Å²) >= 11 is 0. The molecule has 0 saturated heterocycles. The van der Waals surface area contributed by atoms with Gasteiger partial charge in [0.25, 0.3) is 0 Å². The summed E-state index contributed by atoms with van der Waals surface area (Å²) in [5.41, 5.74) is 1.21. The van der Waals surface area contributed by atoms with E-state index in [1.807, 2.05) is 18.2 Å². The molecule has 0 aliphatic rings. The molecule has 1 rings (SSSR count). The molecule has 0 aliphatic heterocycles. The van der Waals surface area contributed by atoms with Crippen LogP contribution >= 0.6 is 0 Å². The zero-order valence-corrected chi connectivity index (χ0v) is 14.1. The summed E-state index contributed by atoms with van der Waals surface area (Å²) in [6.07, 6.45) is 1.59. The number of alkyl carbamates (subject to hydrolysis) is 1. The third-order valence-electron chi connectivity index (χ3n) is 3.87. The topological polar surface area (TPSA) is 50.8 Å². The molecule has 1 N–H and O–H groups in total. The number of ether oxygens (including phenoxy) is 2. The Hall–Kier alpha value is -1.75. The fourth-order valence-corrected chi connectivity index (χ4v) is 2.54. The van der Waals surface area contributed by atoms with E-state index in [4.69, 9.17) is 4.74 Å². The monoisotopic (exact) mass is 308 g/mol. The van der Waals surface area contributed by atoms with Crippen LogP contribution in [0.4, 0.5) is 4.79 Å². The van der Waals surface area contributed by atoms with Gasteiger partial charge in [0.1, 0.15) is 5.75 Å². The molecule has 0 aromatic heterocycles. The minimum atomic E-state index is -0.366. The van der Waals surface area contributed by atoms with E-state index in [-0.39, 0.29) is 6.09 Å². The van der Waals surface area contributed by atoms with Gasteiger partial charge in [-0.1, -0.05) is 25.1 Å². The molecule has 5 nitrogen and oxygen atoms in total. The summed E-state index contributed by atoms with van der Waals surface area (Å²) in [6.45, 7) is 6.97. The van der Waals surface area contributed by atoms with E-state index in [9.17, 15) is 4.79 Å². The standard InChI is InChI=1S/C17H28N2O3/c1-5-19(13-9-8-12-18-17(20)22-4)14(2)15-10-6-7-11-16(15)21-3/h6-7,10-11,14H,5,8-9,12-13H2,1-4H3,(H,18,20)/t14-/m0/s1. The van der Waals surface area contributed by atoms with Crippen LogP contribution in [-0.2, 0) is 4.74 Å². The van der Waals surface area contributed by atoms with Gasteiger partial charge in [-0.3, -0.25) is 4.90 Å². The van der Waals surface area contributed by atoms with E-state index in [2.05, 4.69) is 34.9 Å². The van der Waals surface area contributed by atoms with Crippen molar-refractivity contribution in [1.82, 2.24) is 10.2 Å². The molecule has 0 fully saturated rings. The van der Waals surface area contributed by atoms with Gasteiger partial charge in [-0.15, -0.1) is 0 Å². The first-order chi connectivity index (χ1) is 10.6. The summed E-state index contributed by atoms with van der Waals surface area (Å²) in [6, 6.07) is 8.45. The van der Waals surface area contributed by atoms with Gasteiger partial charge in [0, 0.05) is 18.2 Å². The largest absolute Gasteiger partial charge is 0.496 e. The van der Waals surface area contributed by atoms with Gasteiger partial charge >= 0.3 is 6.09 Å². The van der Waals surface area contributed by atoms with Crippen molar-refractivity contribution in [1.29, 1.82) is 0 Å². The molecule has 22 heavy (non-hydrogen) atoms. The third kappa shape index (κ3) is 5.56. The second-order valence-electron chi connectivity index (χ2n) is 5.17. The number of carbonyl (C=O) groups excluding carboxylic acids is 1. The highest BCUT2D eigenvalue weighted by molar-refractivity contribution is 5.66. The predicted octanol–water partition coefficient (Wildman–Crippen LogP) is 3.21. The lowest BCUT2D eigenvalue weighted by Gasteiger charge is -2.29. The Labute approximate surface area is 133 Å². The molecule has 1 atom stereocenters. The number of benzene rings is 1. The maximum Gasteiger partial charge on any atom is 0.406 e. The Kier molecular flexibility index (Phi) is 8.36. The quantitative estimate of drug-likeness (QED) is 0.712. The summed E-state index contributed by atoms with van der Waals surface area (Å²) < 4.78 is 10.0. The molecular weight excluding hydrogens is 280 g/mol. The van der Waals surface area contributed by atoms with Gasteiger partial charge in [0.15, 0.2) is 0 Å². The van der Waals surface area contributed by atoms with Gasteiger partial charge in [-0.05, 0) is 38.9 Å². The van der Waals surface area contributed by atoms with Crippen LogP contribution in [0.25, 0.3) is 0 Å². The lowest BCUT2D eigenvalue weighted by Crippen LogP contribution is -2.29. The summed E-state index contributed by atoms with van der Waals surface area (Å²) in [5, 5.41) is 2.70. The second-order valence-corrected chi connectivity index (χ2v) is 5.17. The number of para-hydroxylation sites is 1. The van der Waals surface area contributed by atoms with E-state index in [1.165, 1.54) is 12.7 Å². The summed E-state index contributed by atoms with van der Waals surface area (Å²) in [7, 11) is 3.09. The number of amides is 1. The summed E-state index contributed by atoms with van der Waals surface area (Å²) in [4.78, 5) is 13.4. The second kappa shape index (κ2) is 10.1. The van der Waals surface area contributed by atoms with E-state index in [0.29, 0.717) is 12.6 Å². The van der Waals surface area contributed by atoms with Crippen molar-refractivity contribution < 1.29 is 14.3 Å². The number of hydrogen-bond acceptors (Lipinski definition) is 4. The molecule has 124 valence electrons. The first-order valence-electron chi connectivity index (χ1n) is 7.82. The van der Waals surface area contributed by atoms with Crippen LogP contribution in [-0.4, -0.2) is 44.8 Å². The Bertz CT molecular complexity index is 451. The van der Waals surface area contributed by atoms with Crippen LogP contribution in [0, 0.1) is 0 Å². The average Bonchev–Trinajstić information content (AvgIpc) is 2.57. The van der Waals surface area contributed by atoms with Gasteiger partial charge < -0.3 is 14.8 Å². The van der Waals surface area contributed by atoms with Crippen molar-refractivity contribution in [2.75, 3.05) is 33.9 Å². The van der Waals surface area contributed by atoms with Gasteiger partial charge in [-0.2, -0.15) is 0 Å². The van der Waals surface area contributed by atoms with Gasteiger partial charge in [0.05, 0.1) is 14.2 Å². The molecule has 0 bridgehead atoms. The van der Waals surface area contributed by atoms with Crippen molar-refractivity contribution in [2.24, 2.45) is 0 Å². The molecule has 1 aromatic carbocycles. The first kappa shape index (κ1) is 18.3. The minimum absolute atomic E-state index is 0.301. The van der Waals surface area contributed by atoms with Crippen LogP contribution in [0.2, 0.25) is 0 Å². The van der Waals surface area contributed by atoms with Crippen molar-refractivity contribution in [3.05, 3.63) is 29.8 Å². The van der Waals surface area contributed by atoms with Crippen molar-refractivity contribution in [3.63, 3.8) is 0 Å². The van der Waals surface area contributed by atoms with Crippen LogP contribution < -0.4 is 10.1 Å². The Balaban J connectivity index is 2.47. The molecule has 5 heteroatoms.